The van der Waals surface area contributed by atoms with Gasteiger partial charge in [-0.3, -0.25) is 9.59 Å². The molecular formula is C9H17NO4. The number of carboxylic acids is 2. The maximum atomic E-state index is 10.6. The first-order valence-corrected chi connectivity index (χ1v) is 4.54. The van der Waals surface area contributed by atoms with Gasteiger partial charge in [0.25, 0.3) is 0 Å². The van der Waals surface area contributed by atoms with Crippen LogP contribution in [0.25, 0.3) is 0 Å². The van der Waals surface area contributed by atoms with Gasteiger partial charge in [-0.05, 0) is 18.3 Å². The summed E-state index contributed by atoms with van der Waals surface area (Å²) in [4.78, 5) is 21.1. The molecule has 0 aromatic rings. The monoisotopic (exact) mass is 203 g/mol. The van der Waals surface area contributed by atoms with Crippen LogP contribution in [0.3, 0.4) is 0 Å². The van der Waals surface area contributed by atoms with E-state index >= 15 is 0 Å². The first-order valence-electron chi connectivity index (χ1n) is 4.54. The van der Waals surface area contributed by atoms with Crippen LogP contribution in [0.2, 0.25) is 0 Å². The summed E-state index contributed by atoms with van der Waals surface area (Å²) in [6.45, 7) is 3.81. The Morgan fingerprint density at radius 2 is 1.79 bits per heavy atom. The highest BCUT2D eigenvalue weighted by Gasteiger charge is 2.26. The molecule has 0 saturated carbocycles. The van der Waals surface area contributed by atoms with Crippen molar-refractivity contribution in [1.29, 1.82) is 0 Å². The standard InChI is InChI=1S/C9H17NO4/c1-5(2)3-6(4-7(11)12)8(10)9(13)14/h5-6,8H,3-4,10H2,1-2H3,(H,11,12)(H,13,14)/t6-,8-/m0/s1. The summed E-state index contributed by atoms with van der Waals surface area (Å²) >= 11 is 0. The molecule has 0 aromatic carbocycles. The first kappa shape index (κ1) is 12.9. The zero-order valence-corrected chi connectivity index (χ0v) is 8.43. The van der Waals surface area contributed by atoms with Gasteiger partial charge in [-0.1, -0.05) is 13.8 Å². The average molecular weight is 203 g/mol. The zero-order valence-electron chi connectivity index (χ0n) is 8.43. The van der Waals surface area contributed by atoms with Crippen molar-refractivity contribution in [2.75, 3.05) is 0 Å². The van der Waals surface area contributed by atoms with Crippen molar-refractivity contribution in [3.63, 3.8) is 0 Å². The third-order valence-corrected chi connectivity index (χ3v) is 2.00. The number of carbonyl (C=O) groups is 2. The average Bonchev–Trinajstić information content (AvgIpc) is 1.99. The van der Waals surface area contributed by atoms with Crippen LogP contribution < -0.4 is 5.73 Å². The first-order chi connectivity index (χ1) is 6.34. The second kappa shape index (κ2) is 5.59. The Labute approximate surface area is 82.9 Å². The second-order valence-electron chi connectivity index (χ2n) is 3.85. The molecule has 0 aliphatic heterocycles. The van der Waals surface area contributed by atoms with E-state index in [0.717, 1.165) is 0 Å². The highest BCUT2D eigenvalue weighted by atomic mass is 16.4. The van der Waals surface area contributed by atoms with Gasteiger partial charge in [-0.2, -0.15) is 0 Å². The Balaban J connectivity index is 4.37. The third kappa shape index (κ3) is 4.81. The second-order valence-corrected chi connectivity index (χ2v) is 3.85. The molecule has 0 aromatic heterocycles. The van der Waals surface area contributed by atoms with E-state index in [9.17, 15) is 9.59 Å². The molecule has 0 saturated heterocycles. The molecule has 0 spiro atoms. The molecule has 0 aliphatic carbocycles. The van der Waals surface area contributed by atoms with Crippen molar-refractivity contribution in [3.05, 3.63) is 0 Å². The topological polar surface area (TPSA) is 101 Å². The maximum absolute atomic E-state index is 10.6. The Kier molecular flexibility index (Phi) is 5.15. The largest absolute Gasteiger partial charge is 0.481 e. The Morgan fingerprint density at radius 1 is 1.29 bits per heavy atom. The molecule has 0 aliphatic rings. The van der Waals surface area contributed by atoms with Gasteiger partial charge in [-0.15, -0.1) is 0 Å². The van der Waals surface area contributed by atoms with E-state index in [-0.39, 0.29) is 12.3 Å². The molecule has 0 unspecified atom stereocenters. The van der Waals surface area contributed by atoms with Gasteiger partial charge in [0.1, 0.15) is 6.04 Å². The van der Waals surface area contributed by atoms with Gasteiger partial charge in [0.05, 0.1) is 6.42 Å². The summed E-state index contributed by atoms with van der Waals surface area (Å²) in [6, 6.07) is -1.09. The molecular weight excluding hydrogens is 186 g/mol. The molecule has 5 heteroatoms. The van der Waals surface area contributed by atoms with E-state index in [1.54, 1.807) is 0 Å². The smallest absolute Gasteiger partial charge is 0.320 e. The van der Waals surface area contributed by atoms with Crippen LogP contribution in [0.5, 0.6) is 0 Å². The van der Waals surface area contributed by atoms with Gasteiger partial charge < -0.3 is 15.9 Å². The summed E-state index contributed by atoms with van der Waals surface area (Å²) in [5.41, 5.74) is 5.39. The van der Waals surface area contributed by atoms with Crippen LogP contribution in [-0.4, -0.2) is 28.2 Å². The van der Waals surface area contributed by atoms with Crippen LogP contribution in [0, 0.1) is 11.8 Å². The van der Waals surface area contributed by atoms with Crippen molar-refractivity contribution < 1.29 is 19.8 Å². The van der Waals surface area contributed by atoms with Gasteiger partial charge in [-0.25, -0.2) is 0 Å². The van der Waals surface area contributed by atoms with E-state index in [1.165, 1.54) is 0 Å². The number of hydrogen-bond acceptors (Lipinski definition) is 3. The lowest BCUT2D eigenvalue weighted by Crippen LogP contribution is -2.39. The minimum Gasteiger partial charge on any atom is -0.481 e. The van der Waals surface area contributed by atoms with E-state index < -0.39 is 23.9 Å². The molecule has 14 heavy (non-hydrogen) atoms. The van der Waals surface area contributed by atoms with E-state index in [4.69, 9.17) is 15.9 Å². The van der Waals surface area contributed by atoms with Gasteiger partial charge in [0.2, 0.25) is 0 Å². The molecule has 2 atom stereocenters. The summed E-state index contributed by atoms with van der Waals surface area (Å²) in [5, 5.41) is 17.2. The molecule has 0 amide bonds. The molecule has 0 rings (SSSR count). The molecule has 4 N–H and O–H groups in total. The van der Waals surface area contributed by atoms with Crippen molar-refractivity contribution in [2.45, 2.75) is 32.7 Å². The summed E-state index contributed by atoms with van der Waals surface area (Å²) in [5.74, 6) is -2.40. The molecule has 0 fully saturated rings. The Morgan fingerprint density at radius 3 is 2.07 bits per heavy atom. The lowest BCUT2D eigenvalue weighted by atomic mass is 9.88. The molecule has 0 bridgehead atoms. The fraction of sp³-hybridized carbons (Fsp3) is 0.778. The van der Waals surface area contributed by atoms with Gasteiger partial charge in [0, 0.05) is 0 Å². The van der Waals surface area contributed by atoms with Crippen molar-refractivity contribution in [1.82, 2.24) is 0 Å². The molecule has 0 radical (unpaired) electrons. The number of carboxylic acid groups (broad SMARTS) is 2. The zero-order chi connectivity index (χ0) is 11.3. The minimum absolute atomic E-state index is 0.189. The molecule has 0 heterocycles. The number of nitrogens with two attached hydrogens (primary N) is 1. The quantitative estimate of drug-likeness (QED) is 0.584. The number of hydrogen-bond donors (Lipinski definition) is 3. The Bertz CT molecular complexity index is 215. The van der Waals surface area contributed by atoms with Crippen LogP contribution in [-0.2, 0) is 9.59 Å². The van der Waals surface area contributed by atoms with Crippen molar-refractivity contribution >= 4 is 11.9 Å². The summed E-state index contributed by atoms with van der Waals surface area (Å²) in [6.07, 6.45) is 0.325. The SMILES string of the molecule is CC(C)C[C@@H](CC(=O)O)[C@H](N)C(=O)O. The van der Waals surface area contributed by atoms with Crippen LogP contribution in [0.4, 0.5) is 0 Å². The van der Waals surface area contributed by atoms with Crippen LogP contribution in [0.15, 0.2) is 0 Å². The van der Waals surface area contributed by atoms with E-state index in [2.05, 4.69) is 0 Å². The van der Waals surface area contributed by atoms with Crippen LogP contribution in [0.1, 0.15) is 26.7 Å². The Hall–Kier alpha value is -1.10. The highest BCUT2D eigenvalue weighted by Crippen LogP contribution is 2.18. The highest BCUT2D eigenvalue weighted by molar-refractivity contribution is 5.75. The lowest BCUT2D eigenvalue weighted by molar-refractivity contribution is -0.142. The predicted octanol–water partition coefficient (Wildman–Crippen LogP) is 0.535. The molecule has 82 valence electrons. The fourth-order valence-electron chi connectivity index (χ4n) is 1.39. The number of rotatable bonds is 6. The summed E-state index contributed by atoms with van der Waals surface area (Å²) < 4.78 is 0. The summed E-state index contributed by atoms with van der Waals surface area (Å²) in [7, 11) is 0. The maximum Gasteiger partial charge on any atom is 0.320 e. The van der Waals surface area contributed by atoms with Gasteiger partial charge >= 0.3 is 11.9 Å². The predicted molar refractivity (Wildman–Crippen MR) is 50.8 cm³/mol. The molecule has 5 nitrogen and oxygen atoms in total. The van der Waals surface area contributed by atoms with Crippen molar-refractivity contribution in [3.8, 4) is 0 Å². The number of aliphatic carboxylic acids is 2. The van der Waals surface area contributed by atoms with Crippen LogP contribution >= 0.6 is 0 Å². The minimum atomic E-state index is -1.14. The fourth-order valence-corrected chi connectivity index (χ4v) is 1.39. The normalized spacial score (nSPS) is 15.1. The van der Waals surface area contributed by atoms with Gasteiger partial charge in [0.15, 0.2) is 0 Å². The lowest BCUT2D eigenvalue weighted by Gasteiger charge is -2.20. The van der Waals surface area contributed by atoms with E-state index in [0.29, 0.717) is 6.42 Å². The third-order valence-electron chi connectivity index (χ3n) is 2.00. The van der Waals surface area contributed by atoms with Crippen molar-refractivity contribution in [2.24, 2.45) is 17.6 Å². The van der Waals surface area contributed by atoms with E-state index in [1.807, 2.05) is 13.8 Å².